The summed E-state index contributed by atoms with van der Waals surface area (Å²) in [5.41, 5.74) is 1.50. The van der Waals surface area contributed by atoms with Gasteiger partial charge in [0.05, 0.1) is 17.1 Å². The van der Waals surface area contributed by atoms with Crippen molar-refractivity contribution in [1.29, 1.82) is 0 Å². The van der Waals surface area contributed by atoms with E-state index >= 15 is 0 Å². The maximum Gasteiger partial charge on any atom is 0.573 e. The molecule has 0 saturated heterocycles. The van der Waals surface area contributed by atoms with Crippen LogP contribution in [0.2, 0.25) is 0 Å². The van der Waals surface area contributed by atoms with Gasteiger partial charge in [0.1, 0.15) is 11.5 Å². The van der Waals surface area contributed by atoms with Crippen LogP contribution in [0, 0.1) is 0 Å². The summed E-state index contributed by atoms with van der Waals surface area (Å²) in [5.74, 6) is 0.151. The highest BCUT2D eigenvalue weighted by Gasteiger charge is 2.31. The van der Waals surface area contributed by atoms with Crippen molar-refractivity contribution in [2.75, 3.05) is 11.9 Å². The predicted octanol–water partition coefficient (Wildman–Crippen LogP) is 4.78. The number of pyridine rings is 1. The van der Waals surface area contributed by atoms with Gasteiger partial charge in [-0.05, 0) is 54.6 Å². The molecule has 2 aromatic carbocycles. The molecule has 158 valence electrons. The van der Waals surface area contributed by atoms with E-state index in [0.717, 1.165) is 5.69 Å². The zero-order valence-corrected chi connectivity index (χ0v) is 16.1. The van der Waals surface area contributed by atoms with Crippen LogP contribution in [0.3, 0.4) is 0 Å². The van der Waals surface area contributed by atoms with Gasteiger partial charge in [0, 0.05) is 24.6 Å². The lowest BCUT2D eigenvalue weighted by Gasteiger charge is -2.20. The molecule has 4 aromatic rings. The third-order valence-corrected chi connectivity index (χ3v) is 4.38. The fraction of sp³-hybridized carbons (Fsp3) is 0.0952. The van der Waals surface area contributed by atoms with Crippen molar-refractivity contribution in [3.8, 4) is 17.5 Å². The minimum atomic E-state index is -4.73. The lowest BCUT2D eigenvalue weighted by Crippen LogP contribution is -2.17. The Labute approximate surface area is 173 Å². The van der Waals surface area contributed by atoms with Crippen LogP contribution in [0.4, 0.5) is 24.5 Å². The van der Waals surface area contributed by atoms with E-state index in [1.54, 1.807) is 42.3 Å². The Morgan fingerprint density at radius 1 is 0.935 bits per heavy atom. The van der Waals surface area contributed by atoms with E-state index in [0.29, 0.717) is 22.3 Å². The Kier molecular flexibility index (Phi) is 5.20. The van der Waals surface area contributed by atoms with Gasteiger partial charge in [-0.3, -0.25) is 14.8 Å². The van der Waals surface area contributed by atoms with Crippen LogP contribution in [0.15, 0.2) is 71.8 Å². The first-order valence-corrected chi connectivity index (χ1v) is 9.00. The number of hydrogen-bond donors (Lipinski definition) is 1. The largest absolute Gasteiger partial charge is 0.573 e. The number of aromatic amines is 1. The molecule has 31 heavy (non-hydrogen) atoms. The van der Waals surface area contributed by atoms with Crippen LogP contribution < -0.4 is 19.9 Å². The third kappa shape index (κ3) is 4.74. The number of ether oxygens (including phenoxy) is 2. The maximum atomic E-state index is 12.3. The summed E-state index contributed by atoms with van der Waals surface area (Å²) in [7, 11) is 1.77. The number of benzene rings is 2. The molecule has 4 rings (SSSR count). The van der Waals surface area contributed by atoms with Crippen molar-refractivity contribution >= 4 is 22.3 Å². The second kappa shape index (κ2) is 7.98. The van der Waals surface area contributed by atoms with E-state index in [2.05, 4.69) is 19.7 Å². The van der Waals surface area contributed by atoms with Crippen LogP contribution in [-0.4, -0.2) is 28.4 Å². The molecule has 0 radical (unpaired) electrons. The normalized spacial score (nSPS) is 11.4. The molecule has 0 unspecified atom stereocenters. The molecule has 0 aliphatic heterocycles. The summed E-state index contributed by atoms with van der Waals surface area (Å²) in [5, 5.41) is 0.408. The molecule has 10 heteroatoms. The van der Waals surface area contributed by atoms with Gasteiger partial charge in [-0.25, -0.2) is 0 Å². The molecule has 0 aliphatic rings. The van der Waals surface area contributed by atoms with Crippen LogP contribution in [0.1, 0.15) is 0 Å². The van der Waals surface area contributed by atoms with E-state index in [1.807, 2.05) is 0 Å². The number of H-pyrrole nitrogens is 1. The molecule has 0 saturated carbocycles. The predicted molar refractivity (Wildman–Crippen MR) is 108 cm³/mol. The van der Waals surface area contributed by atoms with Gasteiger partial charge in [-0.1, -0.05) is 0 Å². The number of fused-ring (bicyclic) bond motifs is 1. The zero-order valence-electron chi connectivity index (χ0n) is 16.1. The minimum Gasteiger partial charge on any atom is -0.426 e. The van der Waals surface area contributed by atoms with Crippen molar-refractivity contribution in [2.24, 2.45) is 0 Å². The van der Waals surface area contributed by atoms with Gasteiger partial charge in [0.2, 0.25) is 0 Å². The summed E-state index contributed by atoms with van der Waals surface area (Å²) in [6.45, 7) is 0. The molecule has 2 heterocycles. The van der Waals surface area contributed by atoms with Gasteiger partial charge in [-0.2, -0.15) is 4.98 Å². The van der Waals surface area contributed by atoms with Gasteiger partial charge in [0.15, 0.2) is 0 Å². The van der Waals surface area contributed by atoms with E-state index in [1.165, 1.54) is 36.7 Å². The maximum absolute atomic E-state index is 12.3. The molecule has 0 fully saturated rings. The number of aromatic nitrogens is 3. The number of alkyl halides is 3. The average molecular weight is 428 g/mol. The SMILES string of the molecule is CN(c1ccc(Oc2nc3cnccc3c(=O)[nH]2)cc1)c1ccc(OC(F)(F)F)cc1. The molecule has 7 nitrogen and oxygen atoms in total. The Morgan fingerprint density at radius 3 is 2.16 bits per heavy atom. The molecule has 1 N–H and O–H groups in total. The minimum absolute atomic E-state index is 0.0341. The highest BCUT2D eigenvalue weighted by molar-refractivity contribution is 5.76. The van der Waals surface area contributed by atoms with Crippen molar-refractivity contribution < 1.29 is 22.6 Å². The van der Waals surface area contributed by atoms with Crippen LogP contribution in [0.25, 0.3) is 10.9 Å². The fourth-order valence-electron chi connectivity index (χ4n) is 2.89. The molecule has 0 bridgehead atoms. The Hall–Kier alpha value is -4.08. The molecular weight excluding hydrogens is 413 g/mol. The van der Waals surface area contributed by atoms with Crippen molar-refractivity contribution in [1.82, 2.24) is 15.0 Å². The Morgan fingerprint density at radius 2 is 1.55 bits per heavy atom. The third-order valence-electron chi connectivity index (χ3n) is 4.38. The van der Waals surface area contributed by atoms with Gasteiger partial charge in [-0.15, -0.1) is 13.2 Å². The summed E-state index contributed by atoms with van der Waals surface area (Å²) in [4.78, 5) is 24.6. The van der Waals surface area contributed by atoms with Crippen molar-refractivity contribution in [3.05, 3.63) is 77.3 Å². The fourth-order valence-corrected chi connectivity index (χ4v) is 2.89. The lowest BCUT2D eigenvalue weighted by molar-refractivity contribution is -0.274. The van der Waals surface area contributed by atoms with E-state index < -0.39 is 6.36 Å². The van der Waals surface area contributed by atoms with Crippen LogP contribution in [-0.2, 0) is 0 Å². The molecule has 0 spiro atoms. The van der Waals surface area contributed by atoms with Gasteiger partial charge >= 0.3 is 12.4 Å². The van der Waals surface area contributed by atoms with Crippen LogP contribution >= 0.6 is 0 Å². The zero-order chi connectivity index (χ0) is 22.0. The van der Waals surface area contributed by atoms with Gasteiger partial charge in [0.25, 0.3) is 5.56 Å². The molecule has 2 aromatic heterocycles. The summed E-state index contributed by atoms with van der Waals surface area (Å²) in [6.07, 6.45) is -1.75. The van der Waals surface area contributed by atoms with Gasteiger partial charge < -0.3 is 14.4 Å². The summed E-state index contributed by atoms with van der Waals surface area (Å²) >= 11 is 0. The monoisotopic (exact) mass is 428 g/mol. The standard InChI is InChI=1S/C21H15F3N4O3/c1-28(14-4-8-16(9-5-14)31-21(22,23)24)13-2-6-15(7-3-13)30-20-26-18-12-25-11-10-17(18)19(29)27-20/h2-12H,1H3,(H,26,27,29). The Bertz CT molecular complexity index is 1260. The quantitative estimate of drug-likeness (QED) is 0.493. The average Bonchev–Trinajstić information content (AvgIpc) is 2.73. The number of rotatable bonds is 5. The molecule has 0 atom stereocenters. The first-order valence-electron chi connectivity index (χ1n) is 9.00. The topological polar surface area (TPSA) is 80.3 Å². The Balaban J connectivity index is 1.48. The highest BCUT2D eigenvalue weighted by Crippen LogP contribution is 2.29. The number of hydrogen-bond acceptors (Lipinski definition) is 6. The van der Waals surface area contributed by atoms with E-state index in [4.69, 9.17) is 4.74 Å². The summed E-state index contributed by atoms with van der Waals surface area (Å²) < 4.78 is 46.4. The lowest BCUT2D eigenvalue weighted by atomic mass is 10.2. The smallest absolute Gasteiger partial charge is 0.426 e. The molecular formula is C21H15F3N4O3. The van der Waals surface area contributed by atoms with Crippen molar-refractivity contribution in [3.63, 3.8) is 0 Å². The van der Waals surface area contributed by atoms with Crippen molar-refractivity contribution in [2.45, 2.75) is 6.36 Å². The number of anilines is 2. The number of halogens is 3. The number of nitrogens with one attached hydrogen (secondary N) is 1. The first-order chi connectivity index (χ1) is 14.8. The highest BCUT2D eigenvalue weighted by atomic mass is 19.4. The van der Waals surface area contributed by atoms with E-state index in [-0.39, 0.29) is 17.3 Å². The molecule has 0 amide bonds. The second-order valence-corrected chi connectivity index (χ2v) is 6.46. The van der Waals surface area contributed by atoms with Crippen LogP contribution in [0.5, 0.6) is 17.5 Å². The summed E-state index contributed by atoms with van der Waals surface area (Å²) in [6, 6.07) is 14.0. The molecule has 0 aliphatic carbocycles. The van der Waals surface area contributed by atoms with E-state index in [9.17, 15) is 18.0 Å². The second-order valence-electron chi connectivity index (χ2n) is 6.46. The number of nitrogens with zero attached hydrogens (tertiary/aromatic N) is 3. The first kappa shape index (κ1) is 20.2.